The van der Waals surface area contributed by atoms with Gasteiger partial charge in [0.15, 0.2) is 0 Å². The predicted octanol–water partition coefficient (Wildman–Crippen LogP) is 7.61. The smallest absolute Gasteiger partial charge is 0.305 e. The zero-order valence-electron chi connectivity index (χ0n) is 33.3. The van der Waals surface area contributed by atoms with Crippen LogP contribution >= 0.6 is 0 Å². The molecule has 4 aliphatic rings. The quantitative estimate of drug-likeness (QED) is 0.0630. The molecule has 0 aromatic carbocycles. The van der Waals surface area contributed by atoms with E-state index in [1.54, 1.807) is 0 Å². The molecule has 4 saturated carbocycles. The summed E-state index contributed by atoms with van der Waals surface area (Å²) in [5, 5.41) is 23.5. The minimum atomic E-state index is -0.836. The molecule has 11 nitrogen and oxygen atoms in total. The minimum Gasteiger partial charge on any atom is -0.481 e. The Balaban J connectivity index is 0.000000619. The first-order valence-corrected chi connectivity index (χ1v) is 20.6. The number of hydrogen-bond donors (Lipinski definition) is 6. The normalized spacial score (nSPS) is 29.1. The van der Waals surface area contributed by atoms with Crippen LogP contribution in [0.15, 0.2) is 0 Å². The summed E-state index contributed by atoms with van der Waals surface area (Å²) in [5.74, 6) is 2.94. The molecule has 0 saturated heterocycles. The summed E-state index contributed by atoms with van der Waals surface area (Å²) in [6, 6.07) is 0. The lowest BCUT2D eigenvalue weighted by molar-refractivity contribution is -0.144. The van der Waals surface area contributed by atoms with Crippen molar-refractivity contribution in [2.45, 2.75) is 163 Å². The van der Waals surface area contributed by atoms with Crippen LogP contribution in [0.25, 0.3) is 0 Å². The number of carboxylic acid groups (broad SMARTS) is 3. The second-order valence-electron chi connectivity index (χ2n) is 16.4. The van der Waals surface area contributed by atoms with E-state index in [0.29, 0.717) is 29.8 Å². The van der Waals surface area contributed by atoms with Crippen molar-refractivity contribution in [3.8, 4) is 0 Å². The number of carbonyl (C=O) groups excluding carboxylic acids is 1. The average molecular weight is 740 g/mol. The number of rotatable bonds is 17. The first-order valence-electron chi connectivity index (χ1n) is 20.6. The van der Waals surface area contributed by atoms with E-state index in [4.69, 9.17) is 37.3 Å². The standard InChI is InChI=1S/C32H56O2.3C3H7NO2/c1-5-6-7-8-9-12-23-34-30(33)19-14-24(2)27-17-18-28-26-16-15-25-13-10-11-21-31(25,3)29(26)20-22-32(27,28)4;3*4-2-1-3(5)6/h24-29H,5-23H2,1-4H3;3*1-2,4H2,(H,5,6)/t24-,25?,26?,27?,28?,29?,31?,32?;;;/m1.../s1. The lowest BCUT2D eigenvalue weighted by Gasteiger charge is -2.61. The van der Waals surface area contributed by atoms with Crippen LogP contribution in [0.3, 0.4) is 0 Å². The topological polar surface area (TPSA) is 216 Å². The molecule has 52 heavy (non-hydrogen) atoms. The highest BCUT2D eigenvalue weighted by Gasteiger charge is 2.60. The maximum Gasteiger partial charge on any atom is 0.305 e. The van der Waals surface area contributed by atoms with Gasteiger partial charge in [0, 0.05) is 26.1 Å². The number of esters is 1. The number of carboxylic acids is 3. The molecule has 4 aliphatic carbocycles. The number of ether oxygens (including phenoxy) is 1. The molecule has 7 unspecified atom stereocenters. The van der Waals surface area contributed by atoms with Gasteiger partial charge in [-0.25, -0.2) is 0 Å². The van der Waals surface area contributed by atoms with Gasteiger partial charge >= 0.3 is 23.9 Å². The van der Waals surface area contributed by atoms with Crippen LogP contribution in [0, 0.1) is 46.3 Å². The highest BCUT2D eigenvalue weighted by atomic mass is 16.5. The molecule has 11 heteroatoms. The fourth-order valence-electron chi connectivity index (χ4n) is 10.3. The van der Waals surface area contributed by atoms with Crippen LogP contribution in [0.1, 0.15) is 163 Å². The van der Waals surface area contributed by atoms with Crippen molar-refractivity contribution in [1.29, 1.82) is 0 Å². The van der Waals surface area contributed by atoms with Gasteiger partial charge < -0.3 is 37.3 Å². The summed E-state index contributed by atoms with van der Waals surface area (Å²) in [4.78, 5) is 41.0. The van der Waals surface area contributed by atoms with E-state index >= 15 is 0 Å². The van der Waals surface area contributed by atoms with E-state index in [2.05, 4.69) is 27.7 Å². The number of unbranched alkanes of at least 4 members (excludes halogenated alkanes) is 5. The van der Waals surface area contributed by atoms with E-state index in [0.717, 1.165) is 42.4 Å². The molecule has 4 fully saturated rings. The van der Waals surface area contributed by atoms with Gasteiger partial charge in [-0.2, -0.15) is 0 Å². The molecule has 0 heterocycles. The monoisotopic (exact) mass is 740 g/mol. The molecule has 304 valence electrons. The molecular formula is C41H77N3O8. The molecule has 8 atom stereocenters. The van der Waals surface area contributed by atoms with Gasteiger partial charge in [-0.05, 0) is 111 Å². The highest BCUT2D eigenvalue weighted by Crippen LogP contribution is 2.68. The van der Waals surface area contributed by atoms with E-state index in [9.17, 15) is 19.2 Å². The van der Waals surface area contributed by atoms with Gasteiger partial charge in [-0.3, -0.25) is 19.2 Å². The summed E-state index contributed by atoms with van der Waals surface area (Å²) in [6.45, 7) is 11.4. The highest BCUT2D eigenvalue weighted by molar-refractivity contribution is 5.69. The number of aliphatic carboxylic acids is 3. The van der Waals surface area contributed by atoms with Gasteiger partial charge in [-0.1, -0.05) is 72.6 Å². The molecule has 0 aromatic rings. The zero-order valence-corrected chi connectivity index (χ0v) is 33.3. The molecule has 4 rings (SSSR count). The van der Waals surface area contributed by atoms with Crippen LogP contribution < -0.4 is 17.2 Å². The van der Waals surface area contributed by atoms with Crippen molar-refractivity contribution in [3.05, 3.63) is 0 Å². The van der Waals surface area contributed by atoms with Crippen LogP contribution in [0.5, 0.6) is 0 Å². The zero-order chi connectivity index (χ0) is 39.2. The van der Waals surface area contributed by atoms with Crippen molar-refractivity contribution >= 4 is 23.9 Å². The second kappa shape index (κ2) is 25.7. The first-order chi connectivity index (χ1) is 24.7. The van der Waals surface area contributed by atoms with Crippen molar-refractivity contribution < 1.29 is 39.2 Å². The summed E-state index contributed by atoms with van der Waals surface area (Å²) < 4.78 is 5.59. The molecule has 0 amide bonds. The lowest BCUT2D eigenvalue weighted by atomic mass is 9.44. The van der Waals surface area contributed by atoms with Gasteiger partial charge in [0.05, 0.1) is 25.9 Å². The lowest BCUT2D eigenvalue weighted by Crippen LogP contribution is -2.53. The Bertz CT molecular complexity index is 1010. The fraction of sp³-hybridized carbons (Fsp3) is 0.902. The van der Waals surface area contributed by atoms with Crippen LogP contribution in [0.2, 0.25) is 0 Å². The van der Waals surface area contributed by atoms with Crippen LogP contribution in [0.4, 0.5) is 0 Å². The molecule has 0 aliphatic heterocycles. The molecule has 0 radical (unpaired) electrons. The van der Waals surface area contributed by atoms with Crippen molar-refractivity contribution in [2.24, 2.45) is 63.5 Å². The molecule has 0 bridgehead atoms. The SMILES string of the molecule is CCCCCCCCOC(=O)CC[C@@H](C)C1CCC2C3CCC4CCCCC4(C)C3CCC21C.NCCC(=O)O.NCCC(=O)O.NCCC(=O)O. The minimum absolute atomic E-state index is 0.0485. The predicted molar refractivity (Wildman–Crippen MR) is 206 cm³/mol. The van der Waals surface area contributed by atoms with Gasteiger partial charge in [0.25, 0.3) is 0 Å². The van der Waals surface area contributed by atoms with Crippen molar-refractivity contribution in [3.63, 3.8) is 0 Å². The Hall–Kier alpha value is -2.24. The first kappa shape index (κ1) is 47.8. The largest absolute Gasteiger partial charge is 0.481 e. The Morgan fingerprint density at radius 3 is 1.77 bits per heavy atom. The Kier molecular flexibility index (Phi) is 23.6. The average Bonchev–Trinajstić information content (AvgIpc) is 3.44. The van der Waals surface area contributed by atoms with E-state index in [1.165, 1.54) is 96.3 Å². The maximum absolute atomic E-state index is 12.4. The number of fused-ring (bicyclic) bond motifs is 5. The Morgan fingerprint density at radius 1 is 0.673 bits per heavy atom. The molecule has 9 N–H and O–H groups in total. The molecule has 0 spiro atoms. The fourth-order valence-corrected chi connectivity index (χ4v) is 10.3. The third-order valence-corrected chi connectivity index (χ3v) is 13.0. The van der Waals surface area contributed by atoms with Gasteiger partial charge in [-0.15, -0.1) is 0 Å². The second-order valence-corrected chi connectivity index (χ2v) is 16.4. The third-order valence-electron chi connectivity index (χ3n) is 13.0. The summed E-state index contributed by atoms with van der Waals surface area (Å²) in [6.07, 6.45) is 24.1. The number of carbonyl (C=O) groups is 4. The maximum atomic E-state index is 12.4. The number of nitrogens with two attached hydrogens (primary N) is 3. The summed E-state index contributed by atoms with van der Waals surface area (Å²) >= 11 is 0. The number of hydrogen-bond acceptors (Lipinski definition) is 8. The third kappa shape index (κ3) is 16.0. The van der Waals surface area contributed by atoms with Crippen LogP contribution in [-0.2, 0) is 23.9 Å². The summed E-state index contributed by atoms with van der Waals surface area (Å²) in [5.41, 5.74) is 15.7. The van der Waals surface area contributed by atoms with Gasteiger partial charge in [0.1, 0.15) is 0 Å². The van der Waals surface area contributed by atoms with E-state index < -0.39 is 17.9 Å². The van der Waals surface area contributed by atoms with Crippen LogP contribution in [-0.4, -0.2) is 65.4 Å². The Morgan fingerprint density at radius 2 is 1.23 bits per heavy atom. The molecule has 0 aromatic heterocycles. The van der Waals surface area contributed by atoms with Crippen molar-refractivity contribution in [1.82, 2.24) is 0 Å². The summed E-state index contributed by atoms with van der Waals surface area (Å²) in [7, 11) is 0. The molecular weight excluding hydrogens is 662 g/mol. The Labute approximate surface area is 314 Å². The van der Waals surface area contributed by atoms with Gasteiger partial charge in [0.2, 0.25) is 0 Å². The van der Waals surface area contributed by atoms with E-state index in [-0.39, 0.29) is 44.9 Å². The van der Waals surface area contributed by atoms with E-state index in [1.807, 2.05) is 0 Å². The van der Waals surface area contributed by atoms with Crippen molar-refractivity contribution in [2.75, 3.05) is 26.2 Å².